The maximum absolute atomic E-state index is 12.0. The highest BCUT2D eigenvalue weighted by atomic mass is 32.1. The smallest absolute Gasteiger partial charge is 0.269 e. The van der Waals surface area contributed by atoms with E-state index in [1.54, 1.807) is 12.1 Å². The van der Waals surface area contributed by atoms with Crippen LogP contribution in [0.25, 0.3) is 10.1 Å². The lowest BCUT2D eigenvalue weighted by atomic mass is 10.2. The van der Waals surface area contributed by atoms with Gasteiger partial charge in [-0.1, -0.05) is 23.7 Å². The summed E-state index contributed by atoms with van der Waals surface area (Å²) in [5.41, 5.74) is -0.208. The number of fused-ring (bicyclic) bond motifs is 1. The van der Waals surface area contributed by atoms with Crippen LogP contribution in [-0.2, 0) is 9.59 Å². The zero-order chi connectivity index (χ0) is 12.0. The summed E-state index contributed by atoms with van der Waals surface area (Å²) in [4.78, 5) is 34.7. The summed E-state index contributed by atoms with van der Waals surface area (Å²) < 4.78 is 2.20. The molecule has 1 aliphatic rings. The van der Waals surface area contributed by atoms with Crippen LogP contribution in [0.2, 0.25) is 0 Å². The number of carbonyl (C=O) groups excluding carboxylic acids is 2. The van der Waals surface area contributed by atoms with Crippen molar-refractivity contribution in [1.82, 2.24) is 9.27 Å². The molecule has 1 fully saturated rings. The molecule has 2 heterocycles. The third-order valence-electron chi connectivity index (χ3n) is 2.74. The molecule has 0 spiro atoms. The standard InChI is InChI=1S/C11H8N2O3S/c14-9-5-7(10(15)12-9)13-11(16)6-3-1-2-4-8(6)17-13/h1-4,7H,5H2,(H,12,14,15). The summed E-state index contributed by atoms with van der Waals surface area (Å²) in [6.07, 6.45) is 0.0472. The molecule has 1 aromatic heterocycles. The number of rotatable bonds is 1. The fraction of sp³-hybridized carbons (Fsp3) is 0.182. The van der Waals surface area contributed by atoms with E-state index in [1.807, 2.05) is 12.1 Å². The second-order valence-electron chi connectivity index (χ2n) is 3.85. The summed E-state index contributed by atoms with van der Waals surface area (Å²) in [6, 6.07) is 6.47. The molecule has 0 bridgehead atoms. The molecule has 6 heteroatoms. The Morgan fingerprint density at radius 1 is 1.24 bits per heavy atom. The van der Waals surface area contributed by atoms with Gasteiger partial charge in [0.1, 0.15) is 6.04 Å². The van der Waals surface area contributed by atoms with Crippen molar-refractivity contribution < 1.29 is 9.59 Å². The number of imide groups is 1. The molecule has 1 N–H and O–H groups in total. The van der Waals surface area contributed by atoms with E-state index in [4.69, 9.17) is 0 Å². The van der Waals surface area contributed by atoms with Gasteiger partial charge < -0.3 is 0 Å². The first-order valence-corrected chi connectivity index (χ1v) is 5.88. The normalized spacial score (nSPS) is 19.9. The van der Waals surface area contributed by atoms with E-state index in [1.165, 1.54) is 15.5 Å². The minimum atomic E-state index is -0.688. The molecule has 86 valence electrons. The molecule has 0 radical (unpaired) electrons. The summed E-state index contributed by atoms with van der Waals surface area (Å²) in [5.74, 6) is -0.729. The maximum atomic E-state index is 12.0. The Kier molecular flexibility index (Phi) is 2.12. The van der Waals surface area contributed by atoms with Crippen LogP contribution in [0, 0.1) is 0 Å². The number of hydrogen-bond acceptors (Lipinski definition) is 4. The molecule has 2 amide bonds. The lowest BCUT2D eigenvalue weighted by molar-refractivity contribution is -0.125. The van der Waals surface area contributed by atoms with Gasteiger partial charge in [-0.15, -0.1) is 0 Å². The Morgan fingerprint density at radius 3 is 2.65 bits per heavy atom. The predicted molar refractivity (Wildman–Crippen MR) is 62.9 cm³/mol. The predicted octanol–water partition coefficient (Wildman–Crippen LogP) is 0.651. The van der Waals surface area contributed by atoms with Crippen LogP contribution in [0.5, 0.6) is 0 Å². The van der Waals surface area contributed by atoms with Crippen molar-refractivity contribution in [1.29, 1.82) is 0 Å². The fourth-order valence-corrected chi connectivity index (χ4v) is 3.01. The van der Waals surface area contributed by atoms with E-state index < -0.39 is 11.9 Å². The zero-order valence-corrected chi connectivity index (χ0v) is 9.49. The molecule has 1 aromatic carbocycles. The number of carbonyl (C=O) groups is 2. The van der Waals surface area contributed by atoms with E-state index in [2.05, 4.69) is 5.32 Å². The zero-order valence-electron chi connectivity index (χ0n) is 8.67. The lowest BCUT2D eigenvalue weighted by Crippen LogP contribution is -2.27. The number of nitrogens with one attached hydrogen (secondary N) is 1. The molecule has 1 unspecified atom stereocenters. The molecule has 1 atom stereocenters. The van der Waals surface area contributed by atoms with Crippen molar-refractivity contribution in [3.8, 4) is 0 Å². The van der Waals surface area contributed by atoms with Crippen molar-refractivity contribution in [2.45, 2.75) is 12.5 Å². The highest BCUT2D eigenvalue weighted by molar-refractivity contribution is 7.14. The van der Waals surface area contributed by atoms with Gasteiger partial charge in [-0.3, -0.25) is 19.7 Å². The third kappa shape index (κ3) is 1.49. The van der Waals surface area contributed by atoms with Crippen molar-refractivity contribution in [3.63, 3.8) is 0 Å². The Balaban J connectivity index is 2.18. The van der Waals surface area contributed by atoms with E-state index >= 15 is 0 Å². The highest BCUT2D eigenvalue weighted by Crippen LogP contribution is 2.23. The maximum Gasteiger partial charge on any atom is 0.269 e. The lowest BCUT2D eigenvalue weighted by Gasteiger charge is -2.03. The van der Waals surface area contributed by atoms with Crippen molar-refractivity contribution in [2.75, 3.05) is 0 Å². The van der Waals surface area contributed by atoms with Crippen molar-refractivity contribution in [2.24, 2.45) is 0 Å². The first-order chi connectivity index (χ1) is 8.16. The third-order valence-corrected chi connectivity index (χ3v) is 3.91. The van der Waals surface area contributed by atoms with Gasteiger partial charge in [0.05, 0.1) is 16.5 Å². The van der Waals surface area contributed by atoms with Gasteiger partial charge >= 0.3 is 0 Å². The largest absolute Gasteiger partial charge is 0.295 e. The Labute approximate surface area is 99.8 Å². The Morgan fingerprint density at radius 2 is 2.00 bits per heavy atom. The van der Waals surface area contributed by atoms with E-state index in [-0.39, 0.29) is 17.9 Å². The van der Waals surface area contributed by atoms with Gasteiger partial charge in [-0.25, -0.2) is 3.96 Å². The van der Waals surface area contributed by atoms with Gasteiger partial charge in [0.15, 0.2) is 0 Å². The summed E-state index contributed by atoms with van der Waals surface area (Å²) in [5, 5.41) is 2.79. The molecular formula is C11H8N2O3S. The second-order valence-corrected chi connectivity index (χ2v) is 4.87. The summed E-state index contributed by atoms with van der Waals surface area (Å²) in [7, 11) is 0. The number of aromatic nitrogens is 1. The van der Waals surface area contributed by atoms with E-state index in [0.717, 1.165) is 4.70 Å². The van der Waals surface area contributed by atoms with Crippen LogP contribution in [0.15, 0.2) is 29.1 Å². The monoisotopic (exact) mass is 248 g/mol. The van der Waals surface area contributed by atoms with Gasteiger partial charge in [0, 0.05) is 0 Å². The van der Waals surface area contributed by atoms with Crippen molar-refractivity contribution in [3.05, 3.63) is 34.6 Å². The van der Waals surface area contributed by atoms with Crippen LogP contribution >= 0.6 is 11.5 Å². The molecule has 1 aliphatic heterocycles. The summed E-state index contributed by atoms with van der Waals surface area (Å²) in [6.45, 7) is 0. The van der Waals surface area contributed by atoms with Crippen molar-refractivity contribution >= 4 is 33.4 Å². The second kappa shape index (κ2) is 3.53. The average Bonchev–Trinajstić information content (AvgIpc) is 2.80. The summed E-state index contributed by atoms with van der Waals surface area (Å²) >= 11 is 1.22. The molecule has 17 heavy (non-hydrogen) atoms. The van der Waals surface area contributed by atoms with Crippen LogP contribution in [0.3, 0.4) is 0 Å². The molecule has 5 nitrogen and oxygen atoms in total. The quantitative estimate of drug-likeness (QED) is 0.753. The number of benzene rings is 1. The minimum absolute atomic E-state index is 0.0472. The number of hydrogen-bond donors (Lipinski definition) is 1. The van der Waals surface area contributed by atoms with E-state index in [9.17, 15) is 14.4 Å². The molecular weight excluding hydrogens is 240 g/mol. The topological polar surface area (TPSA) is 68.2 Å². The van der Waals surface area contributed by atoms with Gasteiger partial charge in [-0.05, 0) is 12.1 Å². The van der Waals surface area contributed by atoms with Gasteiger partial charge in [-0.2, -0.15) is 0 Å². The first kappa shape index (κ1) is 10.2. The number of nitrogens with zero attached hydrogens (tertiary/aromatic N) is 1. The molecule has 1 saturated heterocycles. The highest BCUT2D eigenvalue weighted by Gasteiger charge is 2.33. The molecule has 2 aromatic rings. The van der Waals surface area contributed by atoms with Crippen LogP contribution in [0.1, 0.15) is 12.5 Å². The minimum Gasteiger partial charge on any atom is -0.295 e. The molecule has 0 saturated carbocycles. The van der Waals surface area contributed by atoms with Crippen LogP contribution in [-0.4, -0.2) is 15.8 Å². The first-order valence-electron chi connectivity index (χ1n) is 5.11. The Bertz CT molecular complexity index is 685. The average molecular weight is 248 g/mol. The molecule has 0 aliphatic carbocycles. The van der Waals surface area contributed by atoms with Gasteiger partial charge in [0.2, 0.25) is 5.91 Å². The van der Waals surface area contributed by atoms with Crippen LogP contribution < -0.4 is 10.9 Å². The SMILES string of the molecule is O=C1CC(n2sc3ccccc3c2=O)C(=O)N1. The molecule has 3 rings (SSSR count). The van der Waals surface area contributed by atoms with Gasteiger partial charge in [0.25, 0.3) is 11.5 Å². The number of amides is 2. The van der Waals surface area contributed by atoms with E-state index in [0.29, 0.717) is 5.39 Å². The van der Waals surface area contributed by atoms with Crippen LogP contribution in [0.4, 0.5) is 0 Å². The fourth-order valence-electron chi connectivity index (χ4n) is 1.92. The Hall–Kier alpha value is -1.95.